The van der Waals surface area contributed by atoms with Crippen LogP contribution in [0.4, 0.5) is 0 Å². The first-order valence-corrected chi connectivity index (χ1v) is 16.1. The highest BCUT2D eigenvalue weighted by Gasteiger charge is 2.75. The summed E-state index contributed by atoms with van der Waals surface area (Å²) >= 11 is 0. The highest BCUT2D eigenvalue weighted by atomic mass is 16.6. The Morgan fingerprint density at radius 3 is 2.36 bits per heavy atom. The number of ether oxygens (including phenoxy) is 1. The molecule has 3 nitrogen and oxygen atoms in total. The van der Waals surface area contributed by atoms with Crippen LogP contribution < -0.4 is 0 Å². The summed E-state index contributed by atoms with van der Waals surface area (Å²) in [7, 11) is 0. The SMILES string of the molecule is CC1(C)c2[nH]c3ccccc3c2C[C@@]2(C)C1CC[C@]1(C)C2CCC2[C@H]3[C@H]4OC(=O)[C@@]3(CCC4(C)C)CC[C@]21C. The summed E-state index contributed by atoms with van der Waals surface area (Å²) < 4.78 is 6.36. The minimum Gasteiger partial charge on any atom is -0.461 e. The fourth-order valence-corrected chi connectivity index (χ4v) is 13.1. The molecule has 1 aromatic heterocycles. The van der Waals surface area contributed by atoms with Gasteiger partial charge in [-0.05, 0) is 103 Å². The van der Waals surface area contributed by atoms with Gasteiger partial charge in [-0.1, -0.05) is 66.7 Å². The Bertz CT molecular complexity index is 1400. The molecule has 1 N–H and O–H groups in total. The number of aromatic nitrogens is 1. The van der Waals surface area contributed by atoms with Gasteiger partial charge in [-0.15, -0.1) is 0 Å². The van der Waals surface area contributed by atoms with Gasteiger partial charge in [0.05, 0.1) is 5.41 Å². The van der Waals surface area contributed by atoms with Crippen molar-refractivity contribution in [3.63, 3.8) is 0 Å². The van der Waals surface area contributed by atoms with E-state index >= 15 is 0 Å². The lowest BCUT2D eigenvalue weighted by atomic mass is 9.31. The van der Waals surface area contributed by atoms with Crippen LogP contribution in [0.15, 0.2) is 24.3 Å². The molecule has 0 amide bonds. The third kappa shape index (κ3) is 2.66. The number of carbonyl (C=O) groups excluding carboxylic acids is 1. The number of H-pyrrole nitrogens is 1. The predicted molar refractivity (Wildman–Crippen MR) is 156 cm³/mol. The third-order valence-electron chi connectivity index (χ3n) is 15.2. The van der Waals surface area contributed by atoms with Crippen LogP contribution in [-0.4, -0.2) is 17.1 Å². The lowest BCUT2D eigenvalue weighted by molar-refractivity contribution is -0.232. The monoisotopic (exact) mass is 527 g/mol. The molecule has 2 bridgehead atoms. The van der Waals surface area contributed by atoms with Gasteiger partial charge in [0.2, 0.25) is 0 Å². The summed E-state index contributed by atoms with van der Waals surface area (Å²) in [6.45, 7) is 17.9. The van der Waals surface area contributed by atoms with Gasteiger partial charge in [0.25, 0.3) is 0 Å². The molecule has 8 rings (SSSR count). The topological polar surface area (TPSA) is 42.1 Å². The van der Waals surface area contributed by atoms with Crippen molar-refractivity contribution in [3.8, 4) is 0 Å². The van der Waals surface area contributed by atoms with E-state index in [0.29, 0.717) is 29.1 Å². The van der Waals surface area contributed by atoms with Crippen LogP contribution >= 0.6 is 0 Å². The van der Waals surface area contributed by atoms with Crippen LogP contribution in [0.1, 0.15) is 111 Å². The van der Waals surface area contributed by atoms with Gasteiger partial charge in [0, 0.05) is 33.3 Å². The molecule has 1 aliphatic heterocycles. The second-order valence-corrected chi connectivity index (χ2v) is 17.1. The molecule has 2 aromatic rings. The summed E-state index contributed by atoms with van der Waals surface area (Å²) in [5.74, 6) is 2.58. The summed E-state index contributed by atoms with van der Waals surface area (Å²) in [4.78, 5) is 17.4. The standard InChI is InChI=1S/C36H49NO2/c1-31(2)16-18-36-19-17-34(6)23(27(36)29(31)39-30(36)38)12-13-26-33(5)20-22-21-10-8-9-11-24(21)37-28(22)32(3,4)25(33)14-15-35(26,34)7/h8-11,23,25-27,29,37H,12-20H2,1-7H3/t23?,25?,26?,27-,29+,33-,34+,35+,36-/m0/s1. The molecule has 4 saturated carbocycles. The van der Waals surface area contributed by atoms with E-state index in [1.807, 2.05) is 0 Å². The molecular weight excluding hydrogens is 478 g/mol. The number of benzene rings is 1. The minimum atomic E-state index is -0.194. The second kappa shape index (κ2) is 7.16. The van der Waals surface area contributed by atoms with Crippen LogP contribution in [0.3, 0.4) is 0 Å². The third-order valence-corrected chi connectivity index (χ3v) is 15.2. The summed E-state index contributed by atoms with van der Waals surface area (Å²) in [6, 6.07) is 9.02. The van der Waals surface area contributed by atoms with Crippen molar-refractivity contribution in [3.05, 3.63) is 35.5 Å². The number of aromatic amines is 1. The van der Waals surface area contributed by atoms with E-state index in [-0.39, 0.29) is 39.1 Å². The highest BCUT2D eigenvalue weighted by Crippen LogP contribution is 2.78. The molecule has 1 saturated heterocycles. The number of fused-ring (bicyclic) bond motifs is 8. The van der Waals surface area contributed by atoms with Gasteiger partial charge in [0.15, 0.2) is 0 Å². The number of nitrogens with one attached hydrogen (secondary N) is 1. The lowest BCUT2D eigenvalue weighted by Gasteiger charge is -2.72. The average Bonchev–Trinajstić information content (AvgIpc) is 3.37. The first kappa shape index (κ1) is 25.0. The Balaban J connectivity index is 1.23. The molecule has 1 aromatic carbocycles. The zero-order valence-corrected chi connectivity index (χ0v) is 25.4. The van der Waals surface area contributed by atoms with E-state index in [1.54, 1.807) is 5.56 Å². The van der Waals surface area contributed by atoms with Crippen LogP contribution in [0, 0.1) is 50.7 Å². The van der Waals surface area contributed by atoms with Gasteiger partial charge < -0.3 is 9.72 Å². The number of rotatable bonds is 0. The first-order chi connectivity index (χ1) is 18.3. The summed E-state index contributed by atoms with van der Waals surface area (Å²) in [5.41, 5.74) is 5.31. The molecule has 5 aliphatic carbocycles. The maximum absolute atomic E-state index is 13.5. The highest BCUT2D eigenvalue weighted by molar-refractivity contribution is 5.85. The van der Waals surface area contributed by atoms with Gasteiger partial charge in [0.1, 0.15) is 6.10 Å². The van der Waals surface area contributed by atoms with Crippen molar-refractivity contribution in [2.75, 3.05) is 0 Å². The number of carbonyl (C=O) groups is 1. The molecule has 0 spiro atoms. The average molecular weight is 528 g/mol. The maximum atomic E-state index is 13.5. The van der Waals surface area contributed by atoms with E-state index in [4.69, 9.17) is 4.74 Å². The van der Waals surface area contributed by atoms with Crippen LogP contribution in [0.25, 0.3) is 10.9 Å². The molecule has 5 fully saturated rings. The van der Waals surface area contributed by atoms with E-state index in [2.05, 4.69) is 77.7 Å². The summed E-state index contributed by atoms with van der Waals surface area (Å²) in [6.07, 6.45) is 11.0. The van der Waals surface area contributed by atoms with Gasteiger partial charge in [-0.3, -0.25) is 4.79 Å². The zero-order chi connectivity index (χ0) is 27.4. The first-order valence-electron chi connectivity index (χ1n) is 16.1. The van der Waals surface area contributed by atoms with Crippen molar-refractivity contribution < 1.29 is 9.53 Å². The van der Waals surface area contributed by atoms with Crippen LogP contribution in [0.5, 0.6) is 0 Å². The fraction of sp³-hybridized carbons (Fsp3) is 0.750. The van der Waals surface area contributed by atoms with Crippen LogP contribution in [-0.2, 0) is 21.4 Å². The molecule has 3 unspecified atom stereocenters. The van der Waals surface area contributed by atoms with E-state index < -0.39 is 0 Å². The predicted octanol–water partition coefficient (Wildman–Crippen LogP) is 8.60. The van der Waals surface area contributed by atoms with Crippen LogP contribution in [0.2, 0.25) is 0 Å². The molecule has 3 heteroatoms. The van der Waals surface area contributed by atoms with E-state index in [9.17, 15) is 4.79 Å². The molecule has 0 radical (unpaired) electrons. The van der Waals surface area contributed by atoms with E-state index in [1.165, 1.54) is 55.1 Å². The largest absolute Gasteiger partial charge is 0.461 e. The zero-order valence-electron chi connectivity index (χ0n) is 25.4. The second-order valence-electron chi connectivity index (χ2n) is 17.1. The smallest absolute Gasteiger partial charge is 0.312 e. The van der Waals surface area contributed by atoms with E-state index in [0.717, 1.165) is 19.3 Å². The minimum absolute atomic E-state index is 0.0963. The molecule has 6 aliphatic rings. The normalized spacial score (nSPS) is 48.8. The van der Waals surface area contributed by atoms with Gasteiger partial charge in [-0.25, -0.2) is 0 Å². The molecule has 39 heavy (non-hydrogen) atoms. The van der Waals surface area contributed by atoms with Crippen molar-refractivity contribution in [2.24, 2.45) is 50.7 Å². The summed E-state index contributed by atoms with van der Waals surface area (Å²) in [5, 5.41) is 1.45. The molecule has 9 atom stereocenters. The molecule has 210 valence electrons. The number of hydrogen-bond acceptors (Lipinski definition) is 2. The van der Waals surface area contributed by atoms with Gasteiger partial charge >= 0.3 is 5.97 Å². The molecular formula is C36H49NO2. The number of para-hydroxylation sites is 1. The Hall–Kier alpha value is -1.77. The Kier molecular flexibility index (Phi) is 4.59. The molecule has 2 heterocycles. The van der Waals surface area contributed by atoms with Gasteiger partial charge in [-0.2, -0.15) is 0 Å². The Labute approximate surface area is 235 Å². The quantitative estimate of drug-likeness (QED) is 0.349. The maximum Gasteiger partial charge on any atom is 0.312 e. The van der Waals surface area contributed by atoms with Crippen molar-refractivity contribution >= 4 is 16.9 Å². The lowest BCUT2D eigenvalue weighted by Crippen LogP contribution is -2.67. The van der Waals surface area contributed by atoms with Crippen molar-refractivity contribution in [1.82, 2.24) is 4.98 Å². The van der Waals surface area contributed by atoms with Crippen molar-refractivity contribution in [1.29, 1.82) is 0 Å². The Morgan fingerprint density at radius 1 is 0.821 bits per heavy atom. The number of esters is 1. The number of hydrogen-bond donors (Lipinski definition) is 1. The Morgan fingerprint density at radius 2 is 1.56 bits per heavy atom. The van der Waals surface area contributed by atoms with Crippen molar-refractivity contribution in [2.45, 2.75) is 118 Å². The fourth-order valence-electron chi connectivity index (χ4n) is 13.1.